The zero-order chi connectivity index (χ0) is 10.7. The lowest BCUT2D eigenvalue weighted by Gasteiger charge is -2.00. The summed E-state index contributed by atoms with van der Waals surface area (Å²) in [7, 11) is 1.62. The lowest BCUT2D eigenvalue weighted by atomic mass is 10.2. The van der Waals surface area contributed by atoms with Crippen molar-refractivity contribution in [1.82, 2.24) is 0 Å². The summed E-state index contributed by atoms with van der Waals surface area (Å²) in [6, 6.07) is 7.63. The molecule has 1 heterocycles. The first kappa shape index (κ1) is 9.71. The molecule has 1 aliphatic rings. The largest absolute Gasteiger partial charge is 0.857 e. The van der Waals surface area contributed by atoms with Gasteiger partial charge in [-0.2, -0.15) is 0 Å². The maximum Gasteiger partial charge on any atom is 0.207 e. The van der Waals surface area contributed by atoms with Gasteiger partial charge in [-0.05, 0) is 17.2 Å². The highest BCUT2D eigenvalue weighted by atomic mass is 16.5. The van der Waals surface area contributed by atoms with Crippen LogP contribution in [0.3, 0.4) is 0 Å². The summed E-state index contributed by atoms with van der Waals surface area (Å²) in [4.78, 5) is 0. The monoisotopic (exact) mass is 204 g/mol. The van der Waals surface area contributed by atoms with Crippen LogP contribution >= 0.6 is 0 Å². The van der Waals surface area contributed by atoms with Gasteiger partial charge in [0.05, 0.1) is 12.7 Å². The van der Waals surface area contributed by atoms with E-state index in [1.807, 2.05) is 30.5 Å². The van der Waals surface area contributed by atoms with Crippen LogP contribution in [0, 0.1) is 0 Å². The first-order valence-corrected chi connectivity index (χ1v) is 4.78. The van der Waals surface area contributed by atoms with E-state index in [-0.39, 0.29) is 5.90 Å². The molecule has 0 spiro atoms. The van der Waals surface area contributed by atoms with Crippen LogP contribution in [0.15, 0.2) is 29.4 Å². The van der Waals surface area contributed by atoms with Crippen LogP contribution < -0.4 is 9.84 Å². The highest BCUT2D eigenvalue weighted by molar-refractivity contribution is 5.81. The summed E-state index contributed by atoms with van der Waals surface area (Å²) in [6.45, 7) is 0.650. The fourth-order valence-corrected chi connectivity index (χ4v) is 1.48. The second-order valence-corrected chi connectivity index (χ2v) is 3.28. The molecular formula is C11H12N2O2. The smallest absolute Gasteiger partial charge is 0.207 e. The molecule has 1 aromatic carbocycles. The molecule has 0 fully saturated rings. The maximum atomic E-state index is 10.9. The minimum atomic E-state index is -0.0684. The third-order valence-corrected chi connectivity index (χ3v) is 2.22. The lowest BCUT2D eigenvalue weighted by molar-refractivity contribution is -0.519. The Balaban J connectivity index is 2.31. The molecule has 4 nitrogen and oxygen atoms in total. The van der Waals surface area contributed by atoms with Crippen molar-refractivity contribution >= 4 is 12.1 Å². The van der Waals surface area contributed by atoms with E-state index in [1.165, 1.54) is 0 Å². The van der Waals surface area contributed by atoms with Gasteiger partial charge in [-0.25, -0.2) is 0 Å². The summed E-state index contributed by atoms with van der Waals surface area (Å²) in [5, 5.41) is 14.8. The minimum Gasteiger partial charge on any atom is -0.857 e. The van der Waals surface area contributed by atoms with Gasteiger partial charge in [0, 0.05) is 12.3 Å². The first-order chi connectivity index (χ1) is 7.29. The number of rotatable bonds is 2. The Bertz CT molecular complexity index is 424. The summed E-state index contributed by atoms with van der Waals surface area (Å²) in [5.74, 6) is 0.716. The SMILES string of the molecule is COc1ccccc1C=[N+]1CCC([O-])=N1. The molecule has 0 saturated carbocycles. The van der Waals surface area contributed by atoms with Gasteiger partial charge in [0.15, 0.2) is 6.54 Å². The van der Waals surface area contributed by atoms with Crippen molar-refractivity contribution in [3.8, 4) is 5.75 Å². The maximum absolute atomic E-state index is 10.9. The topological polar surface area (TPSA) is 47.7 Å². The molecule has 78 valence electrons. The van der Waals surface area contributed by atoms with Crippen LogP contribution in [-0.2, 0) is 0 Å². The highest BCUT2D eigenvalue weighted by Crippen LogP contribution is 2.15. The number of ether oxygens (including phenoxy) is 1. The third-order valence-electron chi connectivity index (χ3n) is 2.22. The second kappa shape index (κ2) is 4.13. The van der Waals surface area contributed by atoms with Gasteiger partial charge in [0.25, 0.3) is 0 Å². The summed E-state index contributed by atoms with van der Waals surface area (Å²) >= 11 is 0. The normalized spacial score (nSPS) is 17.9. The van der Waals surface area contributed by atoms with Crippen molar-refractivity contribution in [2.24, 2.45) is 5.10 Å². The molecule has 0 atom stereocenters. The second-order valence-electron chi connectivity index (χ2n) is 3.28. The standard InChI is InChI=1S/C11H12N2O2/c1-15-10-5-3-2-4-9(10)8-13-7-6-11(14)12-13/h2-5,8H,6-7H2,1H3. The van der Waals surface area contributed by atoms with Crippen molar-refractivity contribution in [2.75, 3.05) is 13.7 Å². The van der Waals surface area contributed by atoms with E-state index >= 15 is 0 Å². The Morgan fingerprint density at radius 2 is 2.27 bits per heavy atom. The summed E-state index contributed by atoms with van der Waals surface area (Å²) < 4.78 is 6.85. The van der Waals surface area contributed by atoms with Crippen LogP contribution in [0.1, 0.15) is 12.0 Å². The van der Waals surface area contributed by atoms with E-state index in [4.69, 9.17) is 4.74 Å². The van der Waals surface area contributed by atoms with E-state index in [0.717, 1.165) is 11.3 Å². The average Bonchev–Trinajstić information content (AvgIpc) is 2.65. The molecular weight excluding hydrogens is 192 g/mol. The average molecular weight is 204 g/mol. The number of methoxy groups -OCH3 is 1. The minimum absolute atomic E-state index is 0.0684. The molecule has 0 amide bonds. The highest BCUT2D eigenvalue weighted by Gasteiger charge is 2.12. The Kier molecular flexibility index (Phi) is 2.67. The molecule has 1 aromatic rings. The molecule has 0 aliphatic carbocycles. The van der Waals surface area contributed by atoms with Gasteiger partial charge < -0.3 is 9.84 Å². The Labute approximate surface area is 88.1 Å². The van der Waals surface area contributed by atoms with Gasteiger partial charge in [-0.1, -0.05) is 16.8 Å². The number of benzene rings is 1. The van der Waals surface area contributed by atoms with E-state index in [0.29, 0.717) is 13.0 Å². The van der Waals surface area contributed by atoms with Crippen molar-refractivity contribution in [1.29, 1.82) is 0 Å². The lowest BCUT2D eigenvalue weighted by Crippen LogP contribution is -2.13. The van der Waals surface area contributed by atoms with E-state index < -0.39 is 0 Å². The zero-order valence-electron chi connectivity index (χ0n) is 8.51. The molecule has 1 aliphatic heterocycles. The predicted octanol–water partition coefficient (Wildman–Crippen LogP) is 0.204. The molecule has 2 rings (SSSR count). The number of nitrogens with zero attached hydrogens (tertiary/aromatic N) is 2. The van der Waals surface area contributed by atoms with Gasteiger partial charge >= 0.3 is 0 Å². The van der Waals surface area contributed by atoms with Crippen LogP contribution in [0.4, 0.5) is 0 Å². The predicted molar refractivity (Wildman–Crippen MR) is 55.3 cm³/mol. The van der Waals surface area contributed by atoms with E-state index in [9.17, 15) is 5.11 Å². The molecule has 0 bridgehead atoms. The van der Waals surface area contributed by atoms with Gasteiger partial charge in [0.1, 0.15) is 5.75 Å². The van der Waals surface area contributed by atoms with Crippen LogP contribution in [0.25, 0.3) is 0 Å². The molecule has 0 radical (unpaired) electrons. The first-order valence-electron chi connectivity index (χ1n) is 4.78. The van der Waals surface area contributed by atoms with Gasteiger partial charge in [-0.15, -0.1) is 0 Å². The molecule has 0 saturated heterocycles. The van der Waals surface area contributed by atoms with Crippen LogP contribution in [0.5, 0.6) is 5.75 Å². The molecule has 0 unspecified atom stereocenters. The van der Waals surface area contributed by atoms with Gasteiger partial charge in [-0.3, -0.25) is 0 Å². The summed E-state index contributed by atoms with van der Waals surface area (Å²) in [5.41, 5.74) is 0.929. The zero-order valence-corrected chi connectivity index (χ0v) is 8.51. The number of para-hydroxylation sites is 1. The Morgan fingerprint density at radius 3 is 2.93 bits per heavy atom. The fourth-order valence-electron chi connectivity index (χ4n) is 1.48. The number of hydrazone groups is 1. The quantitative estimate of drug-likeness (QED) is 0.646. The molecule has 15 heavy (non-hydrogen) atoms. The fraction of sp³-hybridized carbons (Fsp3) is 0.273. The van der Waals surface area contributed by atoms with Crippen molar-refractivity contribution in [3.05, 3.63) is 29.8 Å². The van der Waals surface area contributed by atoms with Crippen molar-refractivity contribution < 1.29 is 14.5 Å². The molecule has 4 heteroatoms. The van der Waals surface area contributed by atoms with Crippen molar-refractivity contribution in [3.63, 3.8) is 0 Å². The van der Waals surface area contributed by atoms with Crippen molar-refractivity contribution in [2.45, 2.75) is 6.42 Å². The Hall–Kier alpha value is -1.84. The van der Waals surface area contributed by atoms with E-state index in [2.05, 4.69) is 5.10 Å². The summed E-state index contributed by atoms with van der Waals surface area (Å²) in [6.07, 6.45) is 2.31. The van der Waals surface area contributed by atoms with E-state index in [1.54, 1.807) is 11.8 Å². The molecule has 0 N–H and O–H groups in total. The number of hydrogen-bond donors (Lipinski definition) is 0. The third kappa shape index (κ3) is 2.15. The molecule has 0 aromatic heterocycles. The Morgan fingerprint density at radius 1 is 1.47 bits per heavy atom. The van der Waals surface area contributed by atoms with Crippen LogP contribution in [-0.4, -0.2) is 30.5 Å². The van der Waals surface area contributed by atoms with Crippen LogP contribution in [0.2, 0.25) is 0 Å². The van der Waals surface area contributed by atoms with Gasteiger partial charge in [0.2, 0.25) is 6.21 Å². The number of hydrogen-bond acceptors (Lipinski definition) is 3.